The molecule has 2 rings (SSSR count). The average Bonchev–Trinajstić information content (AvgIpc) is 2.56. The maximum Gasteiger partial charge on any atom is 0.0501 e. The number of piperidine rings is 1. The molecule has 1 fully saturated rings. The minimum absolute atomic E-state index is 0.197. The molecular weight excluding hydrogens is 256 g/mol. The van der Waals surface area contributed by atoms with Gasteiger partial charge in [-0.1, -0.05) is 44.5 Å². The zero-order valence-electron chi connectivity index (χ0n) is 14.3. The van der Waals surface area contributed by atoms with Gasteiger partial charge in [-0.3, -0.25) is 4.90 Å². The SMILES string of the molecule is CCc1ccc(C(NC)C(C)(CC)N2CCCCC2)cc1. The van der Waals surface area contributed by atoms with Gasteiger partial charge in [-0.25, -0.2) is 0 Å². The highest BCUT2D eigenvalue weighted by atomic mass is 15.2. The van der Waals surface area contributed by atoms with E-state index in [0.29, 0.717) is 6.04 Å². The molecule has 1 aliphatic heterocycles. The van der Waals surface area contributed by atoms with Crippen molar-refractivity contribution in [3.05, 3.63) is 35.4 Å². The van der Waals surface area contributed by atoms with Gasteiger partial charge in [0.05, 0.1) is 6.04 Å². The fourth-order valence-corrected chi connectivity index (χ4v) is 3.80. The molecule has 2 atom stereocenters. The number of rotatable bonds is 6. The van der Waals surface area contributed by atoms with Crippen LogP contribution in [0.1, 0.15) is 63.6 Å². The van der Waals surface area contributed by atoms with Crippen molar-refractivity contribution in [3.63, 3.8) is 0 Å². The summed E-state index contributed by atoms with van der Waals surface area (Å²) in [7, 11) is 2.11. The molecule has 1 aromatic rings. The normalized spacial score (nSPS) is 21.0. The van der Waals surface area contributed by atoms with E-state index < -0.39 is 0 Å². The zero-order valence-corrected chi connectivity index (χ0v) is 14.3. The van der Waals surface area contributed by atoms with Crippen LogP contribution >= 0.6 is 0 Å². The van der Waals surface area contributed by atoms with Gasteiger partial charge in [-0.05, 0) is 63.9 Å². The van der Waals surface area contributed by atoms with Crippen molar-refractivity contribution >= 4 is 0 Å². The number of benzene rings is 1. The molecule has 0 saturated carbocycles. The number of likely N-dealkylation sites (tertiary alicyclic amines) is 1. The van der Waals surface area contributed by atoms with E-state index in [-0.39, 0.29) is 5.54 Å². The molecule has 2 unspecified atom stereocenters. The Kier molecular flexibility index (Phi) is 5.83. The highest BCUT2D eigenvalue weighted by molar-refractivity contribution is 5.27. The van der Waals surface area contributed by atoms with Crippen LogP contribution in [0.4, 0.5) is 0 Å². The average molecular weight is 288 g/mol. The maximum absolute atomic E-state index is 3.60. The van der Waals surface area contributed by atoms with E-state index in [1.165, 1.54) is 49.9 Å². The van der Waals surface area contributed by atoms with Crippen LogP contribution in [0.15, 0.2) is 24.3 Å². The number of nitrogens with zero attached hydrogens (tertiary/aromatic N) is 1. The first-order valence-electron chi connectivity index (χ1n) is 8.66. The smallest absolute Gasteiger partial charge is 0.0501 e. The molecule has 0 spiro atoms. The van der Waals surface area contributed by atoms with Crippen molar-refractivity contribution < 1.29 is 0 Å². The predicted octanol–water partition coefficient (Wildman–Crippen LogP) is 4.16. The second-order valence-corrected chi connectivity index (χ2v) is 6.58. The summed E-state index contributed by atoms with van der Waals surface area (Å²) < 4.78 is 0. The van der Waals surface area contributed by atoms with E-state index in [1.54, 1.807) is 0 Å². The molecule has 21 heavy (non-hydrogen) atoms. The van der Waals surface area contributed by atoms with Crippen molar-refractivity contribution in [3.8, 4) is 0 Å². The molecule has 118 valence electrons. The van der Waals surface area contributed by atoms with Gasteiger partial charge in [0.25, 0.3) is 0 Å². The lowest BCUT2D eigenvalue weighted by Crippen LogP contribution is -2.55. The summed E-state index contributed by atoms with van der Waals surface area (Å²) in [6, 6.07) is 9.60. The molecule has 1 heterocycles. The summed E-state index contributed by atoms with van der Waals surface area (Å²) in [6.07, 6.45) is 6.38. The van der Waals surface area contributed by atoms with Gasteiger partial charge >= 0.3 is 0 Å². The Bertz CT molecular complexity index is 420. The first-order valence-corrected chi connectivity index (χ1v) is 8.66. The van der Waals surface area contributed by atoms with Gasteiger partial charge in [0, 0.05) is 5.54 Å². The van der Waals surface area contributed by atoms with Crippen molar-refractivity contribution in [1.82, 2.24) is 10.2 Å². The summed E-state index contributed by atoms with van der Waals surface area (Å²) in [5.74, 6) is 0. The summed E-state index contributed by atoms with van der Waals surface area (Å²) in [6.45, 7) is 9.48. The summed E-state index contributed by atoms with van der Waals surface area (Å²) in [4.78, 5) is 2.71. The lowest BCUT2D eigenvalue weighted by molar-refractivity contribution is 0.0448. The molecule has 2 heteroatoms. The van der Waals surface area contributed by atoms with Gasteiger partial charge in [0.15, 0.2) is 0 Å². The van der Waals surface area contributed by atoms with Crippen LogP contribution in [0.2, 0.25) is 0 Å². The Hall–Kier alpha value is -0.860. The van der Waals surface area contributed by atoms with E-state index in [1.807, 2.05) is 0 Å². The summed E-state index contributed by atoms with van der Waals surface area (Å²) in [5.41, 5.74) is 3.04. The Morgan fingerprint density at radius 1 is 1.10 bits per heavy atom. The van der Waals surface area contributed by atoms with Crippen LogP contribution in [0.3, 0.4) is 0 Å². The molecule has 0 bridgehead atoms. The number of aryl methyl sites for hydroxylation is 1. The van der Waals surface area contributed by atoms with Crippen LogP contribution < -0.4 is 5.32 Å². The van der Waals surface area contributed by atoms with E-state index in [2.05, 4.69) is 62.3 Å². The van der Waals surface area contributed by atoms with Crippen LogP contribution in [0.5, 0.6) is 0 Å². The van der Waals surface area contributed by atoms with Crippen LogP contribution in [-0.2, 0) is 6.42 Å². The molecule has 1 aliphatic rings. The standard InChI is InChI=1S/C19H32N2/c1-5-16-10-12-17(13-11-16)18(20-4)19(3,6-2)21-14-8-7-9-15-21/h10-13,18,20H,5-9,14-15H2,1-4H3. The van der Waals surface area contributed by atoms with E-state index in [0.717, 1.165) is 6.42 Å². The molecule has 0 amide bonds. The van der Waals surface area contributed by atoms with Crippen LogP contribution in [0, 0.1) is 0 Å². The number of likely N-dealkylation sites (N-methyl/N-ethyl adjacent to an activating group) is 1. The molecule has 1 aromatic carbocycles. The largest absolute Gasteiger partial charge is 0.311 e. The lowest BCUT2D eigenvalue weighted by Gasteiger charge is -2.48. The quantitative estimate of drug-likeness (QED) is 0.845. The molecule has 0 aromatic heterocycles. The topological polar surface area (TPSA) is 15.3 Å². The van der Waals surface area contributed by atoms with E-state index in [4.69, 9.17) is 0 Å². The van der Waals surface area contributed by atoms with Crippen LogP contribution in [-0.4, -0.2) is 30.6 Å². The van der Waals surface area contributed by atoms with Gasteiger partial charge in [0.1, 0.15) is 0 Å². The van der Waals surface area contributed by atoms with Gasteiger partial charge < -0.3 is 5.32 Å². The molecular formula is C19H32N2. The minimum atomic E-state index is 0.197. The monoisotopic (exact) mass is 288 g/mol. The van der Waals surface area contributed by atoms with Crippen molar-refractivity contribution in [2.75, 3.05) is 20.1 Å². The Balaban J connectivity index is 2.26. The highest BCUT2D eigenvalue weighted by Crippen LogP contribution is 2.36. The number of nitrogens with one attached hydrogen (secondary N) is 1. The third-order valence-electron chi connectivity index (χ3n) is 5.43. The predicted molar refractivity (Wildman–Crippen MR) is 91.7 cm³/mol. The Labute approximate surface area is 130 Å². The third kappa shape index (κ3) is 3.49. The number of hydrogen-bond donors (Lipinski definition) is 1. The summed E-state index contributed by atoms with van der Waals surface area (Å²) in [5, 5.41) is 3.60. The minimum Gasteiger partial charge on any atom is -0.311 e. The highest BCUT2D eigenvalue weighted by Gasteiger charge is 2.38. The zero-order chi connectivity index (χ0) is 15.3. The molecule has 2 nitrogen and oxygen atoms in total. The second kappa shape index (κ2) is 7.42. The van der Waals surface area contributed by atoms with Crippen molar-refractivity contribution in [2.24, 2.45) is 0 Å². The molecule has 0 radical (unpaired) electrons. The van der Waals surface area contributed by atoms with Gasteiger partial charge in [-0.15, -0.1) is 0 Å². The fraction of sp³-hybridized carbons (Fsp3) is 0.684. The second-order valence-electron chi connectivity index (χ2n) is 6.58. The molecule has 1 saturated heterocycles. The third-order valence-corrected chi connectivity index (χ3v) is 5.43. The summed E-state index contributed by atoms with van der Waals surface area (Å²) >= 11 is 0. The van der Waals surface area contributed by atoms with Crippen molar-refractivity contribution in [1.29, 1.82) is 0 Å². The first kappa shape index (κ1) is 16.5. The first-order chi connectivity index (χ1) is 10.2. The van der Waals surface area contributed by atoms with E-state index in [9.17, 15) is 0 Å². The Morgan fingerprint density at radius 3 is 2.19 bits per heavy atom. The molecule has 1 N–H and O–H groups in total. The van der Waals surface area contributed by atoms with Gasteiger partial charge in [-0.2, -0.15) is 0 Å². The van der Waals surface area contributed by atoms with Gasteiger partial charge in [0.2, 0.25) is 0 Å². The molecule has 0 aliphatic carbocycles. The number of hydrogen-bond acceptors (Lipinski definition) is 2. The lowest BCUT2D eigenvalue weighted by atomic mass is 9.81. The van der Waals surface area contributed by atoms with Crippen LogP contribution in [0.25, 0.3) is 0 Å². The van der Waals surface area contributed by atoms with Crippen molar-refractivity contribution in [2.45, 2.75) is 64.5 Å². The fourth-order valence-electron chi connectivity index (χ4n) is 3.80. The maximum atomic E-state index is 3.60. The Morgan fingerprint density at radius 2 is 1.71 bits per heavy atom. The van der Waals surface area contributed by atoms with E-state index >= 15 is 0 Å².